The number of aryl methyl sites for hydroxylation is 2. The summed E-state index contributed by atoms with van der Waals surface area (Å²) in [7, 11) is 0. The van der Waals surface area contributed by atoms with Crippen LogP contribution in [0.25, 0.3) is 16.0 Å². The summed E-state index contributed by atoms with van der Waals surface area (Å²) in [5.41, 5.74) is 4.08. The van der Waals surface area contributed by atoms with E-state index >= 15 is 0 Å². The van der Waals surface area contributed by atoms with Gasteiger partial charge < -0.3 is 9.84 Å². The fourth-order valence-electron chi connectivity index (χ4n) is 4.88. The number of carbonyl (C=O) groups excluding carboxylic acids is 2. The number of aliphatic hydroxyl groups excluding tert-OH is 1. The highest BCUT2D eigenvalue weighted by molar-refractivity contribution is 7.22. The highest BCUT2D eigenvalue weighted by Gasteiger charge is 2.48. The number of amides is 1. The highest BCUT2D eigenvalue weighted by atomic mass is 32.1. The molecule has 7 heteroatoms. The minimum absolute atomic E-state index is 0.0384. The van der Waals surface area contributed by atoms with Crippen LogP contribution < -0.4 is 9.64 Å². The molecule has 1 amide bonds. The molecule has 2 heterocycles. The van der Waals surface area contributed by atoms with Crippen molar-refractivity contribution in [1.29, 1.82) is 0 Å². The Hall–Kier alpha value is -3.97. The second-order valence-electron chi connectivity index (χ2n) is 9.59. The van der Waals surface area contributed by atoms with Crippen LogP contribution in [0.2, 0.25) is 0 Å². The molecule has 0 spiro atoms. The van der Waals surface area contributed by atoms with Crippen LogP contribution in [0.1, 0.15) is 54.5 Å². The number of nitrogens with zero attached hydrogens (tertiary/aromatic N) is 2. The molecule has 4 aromatic rings. The van der Waals surface area contributed by atoms with Gasteiger partial charge in [-0.15, -0.1) is 0 Å². The molecule has 5 rings (SSSR count). The quantitative estimate of drug-likeness (QED) is 0.115. The smallest absolute Gasteiger partial charge is 0.301 e. The average Bonchev–Trinajstić information content (AvgIpc) is 3.45. The van der Waals surface area contributed by atoms with Crippen molar-refractivity contribution in [3.63, 3.8) is 0 Å². The molecule has 38 heavy (non-hydrogen) atoms. The Bertz CT molecular complexity index is 1540. The van der Waals surface area contributed by atoms with E-state index in [0.29, 0.717) is 28.6 Å². The minimum Gasteiger partial charge on any atom is -0.507 e. The second kappa shape index (κ2) is 10.8. The molecule has 194 valence electrons. The van der Waals surface area contributed by atoms with E-state index in [2.05, 4.69) is 6.92 Å². The van der Waals surface area contributed by atoms with E-state index in [9.17, 15) is 14.7 Å². The van der Waals surface area contributed by atoms with Gasteiger partial charge in [-0.05, 0) is 55.2 Å². The maximum absolute atomic E-state index is 13.6. The van der Waals surface area contributed by atoms with E-state index in [0.717, 1.165) is 40.6 Å². The van der Waals surface area contributed by atoms with Crippen LogP contribution in [0.5, 0.6) is 5.75 Å². The standard InChI is InChI=1S/C31H30N2O4S/c1-4-5-9-15-37-23-14-10-13-22(18-23)27-25(28(34)21-11-7-6-8-12-21)29(35)30(36)33(27)31-32-26-20(3)16-19(2)17-24(26)38-31/h6-8,10-14,16-18,27,34H,4-5,9,15H2,1-3H3/b28-25+. The van der Waals surface area contributed by atoms with Gasteiger partial charge in [-0.25, -0.2) is 4.98 Å². The number of benzene rings is 3. The fraction of sp³-hybridized carbons (Fsp3) is 0.258. The van der Waals surface area contributed by atoms with Crippen LogP contribution in [-0.2, 0) is 9.59 Å². The topological polar surface area (TPSA) is 79.7 Å². The van der Waals surface area contributed by atoms with Gasteiger partial charge in [-0.2, -0.15) is 0 Å². The van der Waals surface area contributed by atoms with Crippen molar-refractivity contribution >= 4 is 44.1 Å². The van der Waals surface area contributed by atoms with Gasteiger partial charge in [0.15, 0.2) is 5.13 Å². The number of carbonyl (C=O) groups is 2. The number of aliphatic hydroxyl groups is 1. The minimum atomic E-state index is -0.851. The fourth-order valence-corrected chi connectivity index (χ4v) is 6.04. The Kier molecular flexibility index (Phi) is 7.29. The molecular weight excluding hydrogens is 496 g/mol. The van der Waals surface area contributed by atoms with Crippen molar-refractivity contribution < 1.29 is 19.4 Å². The summed E-state index contributed by atoms with van der Waals surface area (Å²) in [6.07, 6.45) is 3.11. The Morgan fingerprint density at radius 2 is 1.82 bits per heavy atom. The van der Waals surface area contributed by atoms with Gasteiger partial charge in [0.25, 0.3) is 5.78 Å². The van der Waals surface area contributed by atoms with Crippen molar-refractivity contribution in [2.75, 3.05) is 11.5 Å². The Morgan fingerprint density at radius 3 is 2.58 bits per heavy atom. The van der Waals surface area contributed by atoms with Crippen molar-refractivity contribution in [3.05, 3.63) is 94.6 Å². The SMILES string of the molecule is CCCCCOc1cccc(C2/C(=C(\O)c3ccccc3)C(=O)C(=O)N2c2nc3c(C)cc(C)cc3s2)c1. The lowest BCUT2D eigenvalue weighted by molar-refractivity contribution is -0.132. The Balaban J connectivity index is 1.65. The highest BCUT2D eigenvalue weighted by Crippen LogP contribution is 2.45. The lowest BCUT2D eigenvalue weighted by Crippen LogP contribution is -2.29. The molecule has 0 saturated carbocycles. The van der Waals surface area contributed by atoms with E-state index in [4.69, 9.17) is 9.72 Å². The molecule has 1 saturated heterocycles. The zero-order valence-corrected chi connectivity index (χ0v) is 22.5. The summed E-state index contributed by atoms with van der Waals surface area (Å²) in [5, 5.41) is 11.7. The van der Waals surface area contributed by atoms with Crippen molar-refractivity contribution in [2.45, 2.75) is 46.1 Å². The lowest BCUT2D eigenvalue weighted by atomic mass is 9.95. The monoisotopic (exact) mass is 526 g/mol. The molecule has 1 aliphatic rings. The largest absolute Gasteiger partial charge is 0.507 e. The number of thiazole rings is 1. The number of Topliss-reactive ketones (excluding diaryl/α,β-unsaturated/α-hetero) is 1. The lowest BCUT2D eigenvalue weighted by Gasteiger charge is -2.23. The number of ether oxygens (including phenoxy) is 1. The van der Waals surface area contributed by atoms with Crippen LogP contribution in [0.4, 0.5) is 5.13 Å². The Labute approximate surface area is 226 Å². The summed E-state index contributed by atoms with van der Waals surface area (Å²) in [6, 6.07) is 19.5. The molecule has 0 radical (unpaired) electrons. The zero-order chi connectivity index (χ0) is 26.8. The third-order valence-corrected chi connectivity index (χ3v) is 7.71. The molecule has 1 unspecified atom stereocenters. The third kappa shape index (κ3) is 4.82. The van der Waals surface area contributed by atoms with E-state index in [1.165, 1.54) is 16.2 Å². The maximum Gasteiger partial charge on any atom is 0.301 e. The van der Waals surface area contributed by atoms with Gasteiger partial charge in [0.05, 0.1) is 28.4 Å². The molecule has 3 aromatic carbocycles. The van der Waals surface area contributed by atoms with Crippen molar-refractivity contribution in [3.8, 4) is 5.75 Å². The van der Waals surface area contributed by atoms with Gasteiger partial charge in [-0.3, -0.25) is 14.5 Å². The van der Waals surface area contributed by atoms with E-state index in [-0.39, 0.29) is 11.3 Å². The molecule has 1 fully saturated rings. The number of unbranched alkanes of at least 4 members (excludes halogenated alkanes) is 2. The number of ketones is 1. The molecule has 1 aromatic heterocycles. The molecule has 1 atom stereocenters. The van der Waals surface area contributed by atoms with E-state index in [1.54, 1.807) is 24.3 Å². The summed E-state index contributed by atoms with van der Waals surface area (Å²) in [4.78, 5) is 33.3. The van der Waals surface area contributed by atoms with E-state index in [1.807, 2.05) is 56.3 Å². The number of fused-ring (bicyclic) bond motifs is 1. The summed E-state index contributed by atoms with van der Waals surface area (Å²) < 4.78 is 6.92. The number of anilines is 1. The number of hydrogen-bond donors (Lipinski definition) is 1. The molecule has 1 N–H and O–H groups in total. The van der Waals surface area contributed by atoms with Crippen LogP contribution >= 0.6 is 11.3 Å². The maximum atomic E-state index is 13.6. The summed E-state index contributed by atoms with van der Waals surface area (Å²) in [5.74, 6) is -1.01. The molecular formula is C31H30N2O4S. The van der Waals surface area contributed by atoms with Crippen LogP contribution in [0.3, 0.4) is 0 Å². The predicted octanol–water partition coefficient (Wildman–Crippen LogP) is 7.11. The first-order valence-corrected chi connectivity index (χ1v) is 13.7. The van der Waals surface area contributed by atoms with Gasteiger partial charge in [0, 0.05) is 5.56 Å². The number of hydrogen-bond acceptors (Lipinski definition) is 6. The number of rotatable bonds is 8. The van der Waals surface area contributed by atoms with Crippen LogP contribution in [0, 0.1) is 13.8 Å². The van der Waals surface area contributed by atoms with Crippen LogP contribution in [0.15, 0.2) is 72.3 Å². The predicted molar refractivity (Wildman–Crippen MR) is 152 cm³/mol. The van der Waals surface area contributed by atoms with Gasteiger partial charge in [0.2, 0.25) is 0 Å². The normalized spacial score (nSPS) is 16.9. The average molecular weight is 527 g/mol. The van der Waals surface area contributed by atoms with Crippen molar-refractivity contribution in [2.24, 2.45) is 0 Å². The molecule has 6 nitrogen and oxygen atoms in total. The summed E-state index contributed by atoms with van der Waals surface area (Å²) in [6.45, 7) is 6.72. The first-order chi connectivity index (χ1) is 18.4. The third-order valence-electron chi connectivity index (χ3n) is 6.71. The first kappa shape index (κ1) is 25.7. The first-order valence-electron chi connectivity index (χ1n) is 12.9. The van der Waals surface area contributed by atoms with Gasteiger partial charge >= 0.3 is 5.91 Å². The molecule has 1 aliphatic heterocycles. The van der Waals surface area contributed by atoms with Crippen LogP contribution in [-0.4, -0.2) is 28.4 Å². The number of aromatic nitrogens is 1. The van der Waals surface area contributed by atoms with Gasteiger partial charge in [0.1, 0.15) is 11.5 Å². The van der Waals surface area contributed by atoms with E-state index < -0.39 is 17.7 Å². The Morgan fingerprint density at radius 1 is 1.03 bits per heavy atom. The second-order valence-corrected chi connectivity index (χ2v) is 10.6. The zero-order valence-electron chi connectivity index (χ0n) is 21.7. The molecule has 0 aliphatic carbocycles. The summed E-state index contributed by atoms with van der Waals surface area (Å²) >= 11 is 1.37. The molecule has 0 bridgehead atoms. The van der Waals surface area contributed by atoms with Crippen molar-refractivity contribution in [1.82, 2.24) is 4.98 Å². The van der Waals surface area contributed by atoms with Gasteiger partial charge in [-0.1, -0.05) is 79.6 Å².